The second-order valence-electron chi connectivity index (χ2n) is 7.70. The Morgan fingerprint density at radius 2 is 1.69 bits per heavy atom. The Balaban J connectivity index is 1.51. The van der Waals surface area contributed by atoms with Crippen LogP contribution in [0, 0.1) is 31.6 Å². The first kappa shape index (κ1) is 23.2. The third-order valence-corrected chi connectivity index (χ3v) is 5.61. The van der Waals surface area contributed by atoms with E-state index in [9.17, 15) is 30.3 Å². The molecule has 0 N–H and O–H groups in total. The number of nitriles is 1. The molecule has 35 heavy (non-hydrogen) atoms. The van der Waals surface area contributed by atoms with Crippen LogP contribution in [-0.2, 0) is 4.79 Å². The van der Waals surface area contributed by atoms with Gasteiger partial charge in [0, 0.05) is 44.0 Å². The van der Waals surface area contributed by atoms with Crippen molar-refractivity contribution in [3.05, 3.63) is 92.2 Å². The summed E-state index contributed by atoms with van der Waals surface area (Å²) in [6.07, 6.45) is 1.28. The molecular formula is C24H19N5O6. The topological polar surface area (TPSA) is 147 Å². The summed E-state index contributed by atoms with van der Waals surface area (Å²) in [6.45, 7) is 2.16. The first-order chi connectivity index (χ1) is 16.9. The van der Waals surface area contributed by atoms with E-state index >= 15 is 0 Å². The smallest absolute Gasteiger partial charge is 0.287 e. The van der Waals surface area contributed by atoms with Crippen molar-refractivity contribution in [2.24, 2.45) is 0 Å². The van der Waals surface area contributed by atoms with Crippen LogP contribution in [0.1, 0.15) is 5.76 Å². The molecule has 2 aromatic carbocycles. The summed E-state index contributed by atoms with van der Waals surface area (Å²) < 4.78 is 5.62. The lowest BCUT2D eigenvalue weighted by molar-refractivity contribution is -0.393. The second-order valence-corrected chi connectivity index (χ2v) is 7.70. The maximum Gasteiger partial charge on any atom is 0.287 e. The average Bonchev–Trinajstić information content (AvgIpc) is 3.35. The molecule has 176 valence electrons. The summed E-state index contributed by atoms with van der Waals surface area (Å²) in [5.41, 5.74) is 0.0762. The van der Waals surface area contributed by atoms with E-state index in [4.69, 9.17) is 4.42 Å². The highest BCUT2D eigenvalue weighted by Crippen LogP contribution is 2.34. The van der Waals surface area contributed by atoms with E-state index in [0.29, 0.717) is 26.2 Å². The number of nitro benzene ring substituents is 2. The number of carbonyl (C=O) groups excluding carboxylic acids is 1. The van der Waals surface area contributed by atoms with E-state index in [1.165, 1.54) is 24.3 Å². The molecule has 1 fully saturated rings. The molecular weight excluding hydrogens is 454 g/mol. The van der Waals surface area contributed by atoms with Gasteiger partial charge in [0.05, 0.1) is 21.5 Å². The number of piperazine rings is 1. The molecule has 4 rings (SSSR count). The SMILES string of the molecule is N#C/C(=C/c1ccc(-c2ccc([N+](=O)[O-])cc2[N+](=O)[O-])o1)C(=O)N1CCN(c2ccccc2)CC1. The third kappa shape index (κ3) is 5.01. The van der Waals surface area contributed by atoms with E-state index < -0.39 is 27.1 Å². The number of para-hydroxylation sites is 1. The number of nitrogens with zero attached hydrogens (tertiary/aromatic N) is 5. The fourth-order valence-corrected chi connectivity index (χ4v) is 3.83. The van der Waals surface area contributed by atoms with E-state index in [-0.39, 0.29) is 22.7 Å². The Hall–Kier alpha value is -4.98. The number of benzene rings is 2. The van der Waals surface area contributed by atoms with Gasteiger partial charge in [0.2, 0.25) is 0 Å². The lowest BCUT2D eigenvalue weighted by Gasteiger charge is -2.36. The Bertz CT molecular complexity index is 1350. The van der Waals surface area contributed by atoms with E-state index in [2.05, 4.69) is 4.90 Å². The highest BCUT2D eigenvalue weighted by Gasteiger charge is 2.25. The van der Waals surface area contributed by atoms with Gasteiger partial charge in [-0.15, -0.1) is 0 Å². The van der Waals surface area contributed by atoms with Gasteiger partial charge in [0.1, 0.15) is 23.2 Å². The number of anilines is 1. The maximum absolute atomic E-state index is 12.9. The lowest BCUT2D eigenvalue weighted by atomic mass is 10.1. The first-order valence-corrected chi connectivity index (χ1v) is 10.6. The average molecular weight is 473 g/mol. The number of nitro groups is 2. The standard InChI is InChI=1S/C24H19N5O6/c25-16-17(24(30)27-12-10-26(11-13-27)18-4-2-1-3-5-18)14-20-7-9-23(35-20)21-8-6-19(28(31)32)15-22(21)29(33)34/h1-9,14-15H,10-13H2/b17-14-. The Labute approximate surface area is 199 Å². The van der Waals surface area contributed by atoms with Crippen LogP contribution in [0.15, 0.2) is 70.7 Å². The highest BCUT2D eigenvalue weighted by molar-refractivity contribution is 6.01. The molecule has 0 unspecified atom stereocenters. The van der Waals surface area contributed by atoms with Crippen LogP contribution in [-0.4, -0.2) is 46.8 Å². The van der Waals surface area contributed by atoms with E-state index in [1.54, 1.807) is 4.90 Å². The van der Waals surface area contributed by atoms with Crippen LogP contribution in [0.4, 0.5) is 17.1 Å². The van der Waals surface area contributed by atoms with Gasteiger partial charge in [-0.05, 0) is 30.3 Å². The molecule has 11 nitrogen and oxygen atoms in total. The van der Waals surface area contributed by atoms with Gasteiger partial charge in [0.15, 0.2) is 0 Å². The molecule has 1 aliphatic heterocycles. The van der Waals surface area contributed by atoms with Crippen LogP contribution in [0.25, 0.3) is 17.4 Å². The van der Waals surface area contributed by atoms with Gasteiger partial charge < -0.3 is 14.2 Å². The van der Waals surface area contributed by atoms with Gasteiger partial charge >= 0.3 is 0 Å². The van der Waals surface area contributed by atoms with E-state index in [0.717, 1.165) is 17.8 Å². The monoisotopic (exact) mass is 473 g/mol. The summed E-state index contributed by atoms with van der Waals surface area (Å²) >= 11 is 0. The fraction of sp³-hybridized carbons (Fsp3) is 0.167. The zero-order valence-electron chi connectivity index (χ0n) is 18.4. The van der Waals surface area contributed by atoms with E-state index in [1.807, 2.05) is 36.4 Å². The van der Waals surface area contributed by atoms with Crippen molar-refractivity contribution in [2.75, 3.05) is 31.1 Å². The van der Waals surface area contributed by atoms with Gasteiger partial charge in [-0.25, -0.2) is 0 Å². The minimum absolute atomic E-state index is 0.0436. The molecule has 1 amide bonds. The third-order valence-electron chi connectivity index (χ3n) is 5.61. The van der Waals surface area contributed by atoms with Crippen molar-refractivity contribution in [3.8, 4) is 17.4 Å². The zero-order chi connectivity index (χ0) is 24.9. The predicted molar refractivity (Wildman–Crippen MR) is 126 cm³/mol. The molecule has 1 aromatic heterocycles. The summed E-state index contributed by atoms with van der Waals surface area (Å²) in [6, 6.07) is 17.9. The number of rotatable bonds is 6. The summed E-state index contributed by atoms with van der Waals surface area (Å²) in [4.78, 5) is 37.6. The quantitative estimate of drug-likeness (QED) is 0.226. The molecule has 0 spiro atoms. The number of furan rings is 1. The zero-order valence-corrected chi connectivity index (χ0v) is 18.4. The Kier molecular flexibility index (Phi) is 6.55. The Morgan fingerprint density at radius 1 is 0.971 bits per heavy atom. The number of non-ortho nitro benzene ring substituents is 1. The summed E-state index contributed by atoms with van der Waals surface area (Å²) in [5.74, 6) is -0.195. The van der Waals surface area contributed by atoms with Crippen LogP contribution in [0.2, 0.25) is 0 Å². The number of carbonyl (C=O) groups is 1. The normalized spacial score (nSPS) is 13.9. The molecule has 1 saturated heterocycles. The minimum atomic E-state index is -0.736. The summed E-state index contributed by atoms with van der Waals surface area (Å²) in [7, 11) is 0. The number of amides is 1. The van der Waals surface area contributed by atoms with Crippen LogP contribution in [0.3, 0.4) is 0 Å². The lowest BCUT2D eigenvalue weighted by Crippen LogP contribution is -2.49. The molecule has 0 radical (unpaired) electrons. The van der Waals surface area contributed by atoms with Crippen LogP contribution < -0.4 is 4.90 Å². The van der Waals surface area contributed by atoms with Gasteiger partial charge in [0.25, 0.3) is 17.3 Å². The van der Waals surface area contributed by atoms with Crippen molar-refractivity contribution in [2.45, 2.75) is 0 Å². The molecule has 0 aliphatic carbocycles. The van der Waals surface area contributed by atoms with Gasteiger partial charge in [-0.1, -0.05) is 18.2 Å². The van der Waals surface area contributed by atoms with Crippen molar-refractivity contribution in [1.29, 1.82) is 5.26 Å². The molecule has 0 saturated carbocycles. The largest absolute Gasteiger partial charge is 0.456 e. The number of hydrogen-bond acceptors (Lipinski definition) is 8. The van der Waals surface area contributed by atoms with Crippen molar-refractivity contribution in [1.82, 2.24) is 4.90 Å². The Morgan fingerprint density at radius 3 is 2.31 bits per heavy atom. The molecule has 2 heterocycles. The van der Waals surface area contributed by atoms with Crippen molar-refractivity contribution < 1.29 is 19.1 Å². The van der Waals surface area contributed by atoms with Gasteiger partial charge in [-0.2, -0.15) is 5.26 Å². The first-order valence-electron chi connectivity index (χ1n) is 10.6. The second kappa shape index (κ2) is 9.88. The van der Waals surface area contributed by atoms with Crippen LogP contribution in [0.5, 0.6) is 0 Å². The van der Waals surface area contributed by atoms with Crippen LogP contribution >= 0.6 is 0 Å². The molecule has 0 bridgehead atoms. The number of hydrogen-bond donors (Lipinski definition) is 0. The predicted octanol–water partition coefficient (Wildman–Crippen LogP) is 4.02. The molecule has 0 atom stereocenters. The fourth-order valence-electron chi connectivity index (χ4n) is 3.83. The van der Waals surface area contributed by atoms with Gasteiger partial charge in [-0.3, -0.25) is 25.0 Å². The minimum Gasteiger partial charge on any atom is -0.456 e. The molecule has 11 heteroatoms. The van der Waals surface area contributed by atoms with Crippen molar-refractivity contribution in [3.63, 3.8) is 0 Å². The molecule has 3 aromatic rings. The highest BCUT2D eigenvalue weighted by atomic mass is 16.6. The molecule has 1 aliphatic rings. The summed E-state index contributed by atoms with van der Waals surface area (Å²) in [5, 5.41) is 31.9. The van der Waals surface area contributed by atoms with Crippen molar-refractivity contribution >= 4 is 29.0 Å². The maximum atomic E-state index is 12.9.